The third-order valence-corrected chi connectivity index (χ3v) is 2.28. The molecule has 0 spiro atoms. The molecule has 0 fully saturated rings. The van der Waals surface area contributed by atoms with Crippen LogP contribution in [0.2, 0.25) is 0 Å². The number of methoxy groups -OCH3 is 1. The Morgan fingerprint density at radius 1 is 1.21 bits per heavy atom. The van der Waals surface area contributed by atoms with Gasteiger partial charge in [0.1, 0.15) is 0 Å². The van der Waals surface area contributed by atoms with Gasteiger partial charge in [-0.15, -0.1) is 0 Å². The van der Waals surface area contributed by atoms with Crippen LogP contribution in [0.15, 0.2) is 48.6 Å². The van der Waals surface area contributed by atoms with Crippen molar-refractivity contribution >= 4 is 17.5 Å². The lowest BCUT2D eigenvalue weighted by Gasteiger charge is -2.06. The Balaban J connectivity index is 2.99. The van der Waals surface area contributed by atoms with E-state index >= 15 is 0 Å². The Morgan fingerprint density at radius 2 is 1.89 bits per heavy atom. The summed E-state index contributed by atoms with van der Waals surface area (Å²) in [4.78, 5) is 22.8. The lowest BCUT2D eigenvalue weighted by Crippen LogP contribution is -2.06. The highest BCUT2D eigenvalue weighted by Gasteiger charge is 2.11. The molecule has 0 aliphatic carbocycles. The molecule has 0 aliphatic heterocycles. The van der Waals surface area contributed by atoms with E-state index in [1.807, 2.05) is 18.2 Å². The fourth-order valence-electron chi connectivity index (χ4n) is 1.40. The molecule has 4 heteroatoms. The lowest BCUT2D eigenvalue weighted by molar-refractivity contribution is -0.136. The maximum absolute atomic E-state index is 11.8. The topological polar surface area (TPSA) is 52.6 Å². The Morgan fingerprint density at radius 3 is 2.47 bits per heavy atom. The largest absolute Gasteiger partial charge is 0.466 e. The Labute approximate surface area is 112 Å². The number of hydrogen-bond donors (Lipinski definition) is 0. The van der Waals surface area contributed by atoms with Gasteiger partial charge in [0.2, 0.25) is 0 Å². The highest BCUT2D eigenvalue weighted by atomic mass is 16.5. The predicted molar refractivity (Wildman–Crippen MR) is 72.2 cm³/mol. The first-order chi connectivity index (χ1) is 9.19. The third-order valence-electron chi connectivity index (χ3n) is 2.28. The molecule has 100 valence electrons. The van der Waals surface area contributed by atoms with Crippen molar-refractivity contribution in [2.24, 2.45) is 0 Å². The van der Waals surface area contributed by atoms with Gasteiger partial charge in [0.25, 0.3) is 0 Å². The maximum atomic E-state index is 11.8. The molecule has 0 unspecified atom stereocenters. The molecule has 0 amide bonds. The summed E-state index contributed by atoms with van der Waals surface area (Å²) in [6.45, 7) is 2.04. The summed E-state index contributed by atoms with van der Waals surface area (Å²) in [5, 5.41) is 0. The van der Waals surface area contributed by atoms with Crippen molar-refractivity contribution in [3.63, 3.8) is 0 Å². The van der Waals surface area contributed by atoms with E-state index in [2.05, 4.69) is 4.74 Å². The molecular formula is C15H16O4. The monoisotopic (exact) mass is 260 g/mol. The number of ether oxygens (including phenoxy) is 2. The molecule has 4 nitrogen and oxygen atoms in total. The van der Waals surface area contributed by atoms with Crippen molar-refractivity contribution in [3.8, 4) is 0 Å². The van der Waals surface area contributed by atoms with Crippen LogP contribution in [0.3, 0.4) is 0 Å². The van der Waals surface area contributed by atoms with Crippen molar-refractivity contribution in [2.45, 2.75) is 6.92 Å². The minimum atomic E-state index is -0.479. The second-order valence-electron chi connectivity index (χ2n) is 3.55. The number of esters is 2. The van der Waals surface area contributed by atoms with Crippen molar-refractivity contribution in [3.05, 3.63) is 54.1 Å². The van der Waals surface area contributed by atoms with Crippen LogP contribution in [0.4, 0.5) is 0 Å². The summed E-state index contributed by atoms with van der Waals surface area (Å²) < 4.78 is 9.46. The van der Waals surface area contributed by atoms with Crippen LogP contribution < -0.4 is 0 Å². The highest BCUT2D eigenvalue weighted by molar-refractivity contribution is 6.16. The summed E-state index contributed by atoms with van der Waals surface area (Å²) in [5.74, 6) is -0.907. The average Bonchev–Trinajstić information content (AvgIpc) is 2.44. The number of carbonyl (C=O) groups is 2. The number of allylic oxidation sites excluding steroid dienone is 2. The summed E-state index contributed by atoms with van der Waals surface area (Å²) in [5.41, 5.74) is 1.12. The summed E-state index contributed by atoms with van der Waals surface area (Å²) in [6, 6.07) is 9.11. The Kier molecular flexibility index (Phi) is 6.09. The van der Waals surface area contributed by atoms with Crippen molar-refractivity contribution < 1.29 is 19.1 Å². The molecule has 0 atom stereocenters. The van der Waals surface area contributed by atoms with Gasteiger partial charge >= 0.3 is 11.9 Å². The van der Waals surface area contributed by atoms with Gasteiger partial charge in [-0.3, -0.25) is 0 Å². The van der Waals surface area contributed by atoms with Crippen LogP contribution in [0, 0.1) is 0 Å². The smallest absolute Gasteiger partial charge is 0.338 e. The second kappa shape index (κ2) is 7.87. The van der Waals surface area contributed by atoms with Gasteiger partial charge in [-0.2, -0.15) is 0 Å². The van der Waals surface area contributed by atoms with Gasteiger partial charge in [0, 0.05) is 6.08 Å². The predicted octanol–water partition coefficient (Wildman–Crippen LogP) is 2.36. The van der Waals surface area contributed by atoms with Crippen LogP contribution in [-0.2, 0) is 19.1 Å². The molecule has 1 aromatic rings. The third kappa shape index (κ3) is 4.79. The summed E-state index contributed by atoms with van der Waals surface area (Å²) >= 11 is 0. The second-order valence-corrected chi connectivity index (χ2v) is 3.55. The minimum absolute atomic E-state index is 0.295. The first kappa shape index (κ1) is 14.7. The van der Waals surface area contributed by atoms with Crippen LogP contribution in [0.1, 0.15) is 12.5 Å². The average molecular weight is 260 g/mol. The molecule has 0 radical (unpaired) electrons. The van der Waals surface area contributed by atoms with Crippen LogP contribution in [-0.4, -0.2) is 25.7 Å². The number of benzene rings is 1. The van der Waals surface area contributed by atoms with Crippen LogP contribution >= 0.6 is 0 Å². The normalized spacial score (nSPS) is 11.4. The molecule has 0 N–H and O–H groups in total. The Hall–Kier alpha value is -2.36. The van der Waals surface area contributed by atoms with Gasteiger partial charge in [-0.1, -0.05) is 36.4 Å². The summed E-state index contributed by atoms with van der Waals surface area (Å²) in [7, 11) is 1.29. The van der Waals surface area contributed by atoms with Gasteiger partial charge in [-0.05, 0) is 18.6 Å². The lowest BCUT2D eigenvalue weighted by atomic mass is 10.1. The zero-order valence-electron chi connectivity index (χ0n) is 11.0. The molecular weight excluding hydrogens is 244 g/mol. The van der Waals surface area contributed by atoms with Gasteiger partial charge in [-0.25, -0.2) is 9.59 Å². The van der Waals surface area contributed by atoms with E-state index in [-0.39, 0.29) is 0 Å². The number of carbonyl (C=O) groups excluding carboxylic acids is 2. The van der Waals surface area contributed by atoms with E-state index in [0.29, 0.717) is 12.2 Å². The molecule has 0 bridgehead atoms. The van der Waals surface area contributed by atoms with E-state index in [9.17, 15) is 9.59 Å². The van der Waals surface area contributed by atoms with Crippen LogP contribution in [0.5, 0.6) is 0 Å². The maximum Gasteiger partial charge on any atom is 0.338 e. The molecule has 0 heterocycles. The van der Waals surface area contributed by atoms with Gasteiger partial charge in [0.15, 0.2) is 0 Å². The zero-order valence-corrected chi connectivity index (χ0v) is 11.0. The number of hydrogen-bond acceptors (Lipinski definition) is 4. The fraction of sp³-hybridized carbons (Fsp3) is 0.200. The van der Waals surface area contributed by atoms with E-state index in [4.69, 9.17) is 4.74 Å². The zero-order chi connectivity index (χ0) is 14.1. The van der Waals surface area contributed by atoms with E-state index in [0.717, 1.165) is 5.56 Å². The summed E-state index contributed by atoms with van der Waals surface area (Å²) in [6.07, 6.45) is 4.23. The van der Waals surface area contributed by atoms with Crippen molar-refractivity contribution in [1.82, 2.24) is 0 Å². The van der Waals surface area contributed by atoms with E-state index in [1.54, 1.807) is 19.1 Å². The highest BCUT2D eigenvalue weighted by Crippen LogP contribution is 2.16. The molecule has 0 saturated heterocycles. The van der Waals surface area contributed by atoms with Gasteiger partial charge < -0.3 is 9.47 Å². The van der Waals surface area contributed by atoms with Gasteiger partial charge in [0.05, 0.1) is 19.3 Å². The quantitative estimate of drug-likeness (QED) is 0.463. The first-order valence-corrected chi connectivity index (χ1v) is 5.88. The minimum Gasteiger partial charge on any atom is -0.466 e. The molecule has 1 aromatic carbocycles. The molecule has 0 saturated carbocycles. The molecule has 0 aromatic heterocycles. The standard InChI is InChI=1S/C15H16O4/c1-3-19-15(17)13(10-7-11-14(16)18-2)12-8-5-4-6-9-12/h4-11H,3H2,1-2H3/b11-7-,13-10+. The van der Waals surface area contributed by atoms with Crippen molar-refractivity contribution in [1.29, 1.82) is 0 Å². The van der Waals surface area contributed by atoms with E-state index < -0.39 is 11.9 Å². The first-order valence-electron chi connectivity index (χ1n) is 5.88. The fourth-order valence-corrected chi connectivity index (χ4v) is 1.40. The number of rotatable bonds is 5. The Bertz CT molecular complexity index is 486. The molecule has 1 rings (SSSR count). The van der Waals surface area contributed by atoms with Crippen LogP contribution in [0.25, 0.3) is 5.57 Å². The molecule has 0 aliphatic rings. The molecule has 19 heavy (non-hydrogen) atoms. The van der Waals surface area contributed by atoms with E-state index in [1.165, 1.54) is 25.3 Å². The van der Waals surface area contributed by atoms with Crippen molar-refractivity contribution in [2.75, 3.05) is 13.7 Å². The SMILES string of the molecule is CCOC(=O)/C(=C/C=C\C(=O)OC)c1ccccc1.